The first-order valence-electron chi connectivity index (χ1n) is 6.25. The van der Waals surface area contributed by atoms with Crippen molar-refractivity contribution in [3.8, 4) is 0 Å². The fourth-order valence-electron chi connectivity index (χ4n) is 1.40. The van der Waals surface area contributed by atoms with Crippen LogP contribution in [0.2, 0.25) is 19.1 Å². The molecule has 0 aromatic heterocycles. The lowest BCUT2D eigenvalue weighted by Gasteiger charge is -2.19. The number of rotatable bonds is 11. The lowest BCUT2D eigenvalue weighted by atomic mass is 10.4. The maximum atomic E-state index is 5.50. The summed E-state index contributed by atoms with van der Waals surface area (Å²) >= 11 is 0. The minimum Gasteiger partial charge on any atom is -0.420 e. The van der Waals surface area contributed by atoms with E-state index in [0.29, 0.717) is 19.8 Å². The van der Waals surface area contributed by atoms with E-state index in [2.05, 4.69) is 13.1 Å². The highest BCUT2D eigenvalue weighted by Gasteiger charge is 2.19. The van der Waals surface area contributed by atoms with Crippen molar-refractivity contribution in [1.82, 2.24) is 0 Å². The molecule has 17 heavy (non-hydrogen) atoms. The van der Waals surface area contributed by atoms with Gasteiger partial charge in [0.15, 0.2) is 8.32 Å². The summed E-state index contributed by atoms with van der Waals surface area (Å²) in [5, 5.41) is 0. The number of hydrogen-bond acceptors (Lipinski definition) is 4. The third kappa shape index (κ3) is 10.9. The van der Waals surface area contributed by atoms with Crippen molar-refractivity contribution in [3.05, 3.63) is 0 Å². The molecule has 0 aromatic rings. The summed E-state index contributed by atoms with van der Waals surface area (Å²) in [6, 6.07) is 1.14. The lowest BCUT2D eigenvalue weighted by Crippen LogP contribution is -2.28. The van der Waals surface area contributed by atoms with Gasteiger partial charge in [-0.15, -0.1) is 0 Å². The molecule has 1 unspecified atom stereocenters. The minimum atomic E-state index is -1.40. The zero-order valence-electron chi connectivity index (χ0n) is 12.0. The van der Waals surface area contributed by atoms with Gasteiger partial charge in [0, 0.05) is 20.8 Å². The SMILES string of the molecule is COCC(C)OCCOCCC[Si](C)(C)OC. The lowest BCUT2D eigenvalue weighted by molar-refractivity contribution is -0.0196. The van der Waals surface area contributed by atoms with Gasteiger partial charge in [-0.25, -0.2) is 0 Å². The summed E-state index contributed by atoms with van der Waals surface area (Å²) < 4.78 is 21.4. The van der Waals surface area contributed by atoms with Gasteiger partial charge in [-0.05, 0) is 32.5 Å². The van der Waals surface area contributed by atoms with Gasteiger partial charge in [-0.2, -0.15) is 0 Å². The second-order valence-corrected chi connectivity index (χ2v) is 9.24. The zero-order chi connectivity index (χ0) is 13.1. The fraction of sp³-hybridized carbons (Fsp3) is 1.00. The van der Waals surface area contributed by atoms with Crippen LogP contribution < -0.4 is 0 Å². The van der Waals surface area contributed by atoms with Crippen LogP contribution in [0.15, 0.2) is 0 Å². The Labute approximate surface area is 107 Å². The molecule has 0 aromatic carbocycles. The summed E-state index contributed by atoms with van der Waals surface area (Å²) in [6.07, 6.45) is 1.21. The Kier molecular flexibility index (Phi) is 10.1. The van der Waals surface area contributed by atoms with E-state index in [1.54, 1.807) is 14.2 Å². The van der Waals surface area contributed by atoms with Crippen molar-refractivity contribution in [2.75, 3.05) is 40.6 Å². The van der Waals surface area contributed by atoms with E-state index >= 15 is 0 Å². The molecule has 0 aliphatic heterocycles. The van der Waals surface area contributed by atoms with E-state index in [0.717, 1.165) is 19.1 Å². The summed E-state index contributed by atoms with van der Waals surface area (Å²) in [5.74, 6) is 0. The van der Waals surface area contributed by atoms with Crippen LogP contribution >= 0.6 is 0 Å². The van der Waals surface area contributed by atoms with Crippen LogP contribution in [-0.2, 0) is 18.6 Å². The maximum Gasteiger partial charge on any atom is 0.186 e. The van der Waals surface area contributed by atoms with Crippen LogP contribution in [0, 0.1) is 0 Å². The molecule has 0 fully saturated rings. The molecule has 0 aliphatic carbocycles. The molecule has 0 amide bonds. The number of ether oxygens (including phenoxy) is 3. The first-order valence-corrected chi connectivity index (χ1v) is 9.37. The Morgan fingerprint density at radius 1 is 1.06 bits per heavy atom. The van der Waals surface area contributed by atoms with E-state index in [9.17, 15) is 0 Å². The molecule has 0 saturated heterocycles. The van der Waals surface area contributed by atoms with Gasteiger partial charge < -0.3 is 18.6 Å². The predicted octanol–water partition coefficient (Wildman–Crippen LogP) is 2.30. The zero-order valence-corrected chi connectivity index (χ0v) is 13.0. The van der Waals surface area contributed by atoms with Gasteiger partial charge in [0.1, 0.15) is 0 Å². The van der Waals surface area contributed by atoms with Crippen molar-refractivity contribution in [1.29, 1.82) is 0 Å². The van der Waals surface area contributed by atoms with E-state index < -0.39 is 8.32 Å². The second-order valence-electron chi connectivity index (χ2n) is 4.82. The van der Waals surface area contributed by atoms with Crippen molar-refractivity contribution in [2.45, 2.75) is 38.6 Å². The monoisotopic (exact) mass is 264 g/mol. The van der Waals surface area contributed by atoms with E-state index in [1.165, 1.54) is 0 Å². The largest absolute Gasteiger partial charge is 0.420 e. The quantitative estimate of drug-likeness (QED) is 0.424. The van der Waals surface area contributed by atoms with Gasteiger partial charge >= 0.3 is 0 Å². The number of methoxy groups -OCH3 is 1. The van der Waals surface area contributed by atoms with Gasteiger partial charge in [0.25, 0.3) is 0 Å². The molecular weight excluding hydrogens is 236 g/mol. The van der Waals surface area contributed by atoms with Crippen LogP contribution in [0.4, 0.5) is 0 Å². The molecule has 0 aliphatic rings. The summed E-state index contributed by atoms with van der Waals surface area (Å²) in [5.41, 5.74) is 0. The van der Waals surface area contributed by atoms with E-state index in [4.69, 9.17) is 18.6 Å². The summed E-state index contributed by atoms with van der Waals surface area (Å²) in [4.78, 5) is 0. The average Bonchev–Trinajstić information content (AvgIpc) is 2.28. The normalized spacial score (nSPS) is 13.9. The highest BCUT2D eigenvalue weighted by molar-refractivity contribution is 6.71. The van der Waals surface area contributed by atoms with E-state index in [-0.39, 0.29) is 6.10 Å². The molecule has 0 spiro atoms. The van der Waals surface area contributed by atoms with Gasteiger partial charge in [-0.1, -0.05) is 0 Å². The van der Waals surface area contributed by atoms with Crippen molar-refractivity contribution < 1.29 is 18.6 Å². The van der Waals surface area contributed by atoms with Crippen LogP contribution in [-0.4, -0.2) is 55.1 Å². The first kappa shape index (κ1) is 17.1. The van der Waals surface area contributed by atoms with Gasteiger partial charge in [0.05, 0.1) is 25.9 Å². The topological polar surface area (TPSA) is 36.9 Å². The van der Waals surface area contributed by atoms with Crippen LogP contribution in [0.25, 0.3) is 0 Å². The van der Waals surface area contributed by atoms with Crippen molar-refractivity contribution in [2.24, 2.45) is 0 Å². The Morgan fingerprint density at radius 2 is 1.76 bits per heavy atom. The third-order valence-corrected chi connectivity index (χ3v) is 5.31. The van der Waals surface area contributed by atoms with Crippen molar-refractivity contribution >= 4 is 8.32 Å². The number of hydrogen-bond donors (Lipinski definition) is 0. The Balaban J connectivity index is 3.24. The Morgan fingerprint density at radius 3 is 2.35 bits per heavy atom. The van der Waals surface area contributed by atoms with Crippen LogP contribution in [0.5, 0.6) is 0 Å². The molecule has 0 N–H and O–H groups in total. The molecule has 0 saturated carbocycles. The van der Waals surface area contributed by atoms with E-state index in [1.807, 2.05) is 6.92 Å². The molecular formula is C12H28O4Si. The highest BCUT2D eigenvalue weighted by atomic mass is 28.4. The molecule has 5 heteroatoms. The van der Waals surface area contributed by atoms with Crippen molar-refractivity contribution in [3.63, 3.8) is 0 Å². The van der Waals surface area contributed by atoms with Crippen LogP contribution in [0.3, 0.4) is 0 Å². The molecule has 4 nitrogen and oxygen atoms in total. The third-order valence-electron chi connectivity index (χ3n) is 2.65. The smallest absolute Gasteiger partial charge is 0.186 e. The Hall–Kier alpha value is 0.0569. The second kappa shape index (κ2) is 10.0. The molecule has 1 atom stereocenters. The summed E-state index contributed by atoms with van der Waals surface area (Å²) in [6.45, 7) is 9.16. The van der Waals surface area contributed by atoms with Gasteiger partial charge in [0.2, 0.25) is 0 Å². The Bertz CT molecular complexity index is 176. The molecule has 104 valence electrons. The van der Waals surface area contributed by atoms with Gasteiger partial charge in [-0.3, -0.25) is 0 Å². The molecule has 0 heterocycles. The molecule has 0 bridgehead atoms. The predicted molar refractivity (Wildman–Crippen MR) is 72.0 cm³/mol. The highest BCUT2D eigenvalue weighted by Crippen LogP contribution is 2.11. The molecule has 0 rings (SSSR count). The molecule has 0 radical (unpaired) electrons. The fourth-order valence-corrected chi connectivity index (χ4v) is 2.60. The summed E-state index contributed by atoms with van der Waals surface area (Å²) in [7, 11) is 2.08. The maximum absolute atomic E-state index is 5.50. The standard InChI is InChI=1S/C12H28O4Si/c1-12(11-13-2)16-9-8-15-7-6-10-17(4,5)14-3/h12H,6-11H2,1-5H3. The average molecular weight is 264 g/mol. The first-order chi connectivity index (χ1) is 8.02. The minimum absolute atomic E-state index is 0.142. The van der Waals surface area contributed by atoms with Crippen LogP contribution in [0.1, 0.15) is 13.3 Å².